The number of amides is 2. The zero-order valence-corrected chi connectivity index (χ0v) is 9.90. The highest BCUT2D eigenvalue weighted by Gasteiger charge is 2.38. The van der Waals surface area contributed by atoms with Gasteiger partial charge in [-0.2, -0.15) is 0 Å². The van der Waals surface area contributed by atoms with E-state index in [0.29, 0.717) is 0 Å². The van der Waals surface area contributed by atoms with Crippen LogP contribution in [0, 0.1) is 11.3 Å². The summed E-state index contributed by atoms with van der Waals surface area (Å²) in [5.41, 5.74) is 4.24. The Hall–Kier alpha value is -1.59. The van der Waals surface area contributed by atoms with Crippen LogP contribution in [0.5, 0.6) is 0 Å². The van der Waals surface area contributed by atoms with Gasteiger partial charge < -0.3 is 16.2 Å². The molecule has 0 aliphatic carbocycles. The number of primary amides is 1. The number of hydrogen-bond acceptors (Lipinski definition) is 3. The van der Waals surface area contributed by atoms with Gasteiger partial charge in [-0.05, 0) is 12.3 Å². The van der Waals surface area contributed by atoms with Crippen LogP contribution in [0.1, 0.15) is 27.7 Å². The van der Waals surface area contributed by atoms with E-state index in [9.17, 15) is 14.4 Å². The maximum Gasteiger partial charge on any atom is 0.316 e. The minimum Gasteiger partial charge on any atom is -0.481 e. The maximum atomic E-state index is 11.6. The summed E-state index contributed by atoms with van der Waals surface area (Å²) >= 11 is 0. The Balaban J connectivity index is 4.79. The number of aliphatic carboxylic acids is 1. The number of hydrogen-bond donors (Lipinski definition) is 3. The lowest BCUT2D eigenvalue weighted by Gasteiger charge is -2.26. The zero-order chi connectivity index (χ0) is 13.1. The molecule has 0 saturated carbocycles. The van der Waals surface area contributed by atoms with Gasteiger partial charge in [0.15, 0.2) is 0 Å². The molecule has 0 fully saturated rings. The first kappa shape index (κ1) is 14.4. The molecule has 0 bridgehead atoms. The molecule has 0 aromatic rings. The van der Waals surface area contributed by atoms with Crippen molar-refractivity contribution in [3.8, 4) is 0 Å². The molecule has 0 aliphatic heterocycles. The molecule has 2 amide bonds. The Morgan fingerprint density at radius 2 is 1.69 bits per heavy atom. The van der Waals surface area contributed by atoms with Crippen molar-refractivity contribution in [3.63, 3.8) is 0 Å². The molecule has 92 valence electrons. The van der Waals surface area contributed by atoms with Crippen molar-refractivity contribution in [1.29, 1.82) is 0 Å². The normalized spacial score (nSPS) is 15.0. The monoisotopic (exact) mass is 230 g/mol. The summed E-state index contributed by atoms with van der Waals surface area (Å²) in [5, 5.41) is 11.2. The largest absolute Gasteiger partial charge is 0.481 e. The smallest absolute Gasteiger partial charge is 0.316 e. The fourth-order valence-electron chi connectivity index (χ4n) is 1.24. The average Bonchev–Trinajstić information content (AvgIpc) is 1.99. The third-order valence-corrected chi connectivity index (χ3v) is 2.16. The summed E-state index contributed by atoms with van der Waals surface area (Å²) in [6.45, 7) is 6.32. The van der Waals surface area contributed by atoms with E-state index in [4.69, 9.17) is 10.8 Å². The SMILES string of the molecule is CC(NC(=O)C(C(=O)O)C(C)(C)C)C(N)=O. The van der Waals surface area contributed by atoms with Crippen molar-refractivity contribution in [2.75, 3.05) is 0 Å². The van der Waals surface area contributed by atoms with Gasteiger partial charge in [0, 0.05) is 0 Å². The fourth-order valence-corrected chi connectivity index (χ4v) is 1.24. The summed E-state index contributed by atoms with van der Waals surface area (Å²) in [6, 6.07) is -0.878. The predicted octanol–water partition coefficient (Wildman–Crippen LogP) is -0.277. The van der Waals surface area contributed by atoms with Gasteiger partial charge in [0.05, 0.1) is 0 Å². The first-order valence-electron chi connectivity index (χ1n) is 4.90. The second-order valence-corrected chi connectivity index (χ2v) is 4.77. The predicted molar refractivity (Wildman–Crippen MR) is 57.4 cm³/mol. The van der Waals surface area contributed by atoms with Crippen molar-refractivity contribution in [2.24, 2.45) is 17.1 Å². The lowest BCUT2D eigenvalue weighted by atomic mass is 9.80. The van der Waals surface area contributed by atoms with E-state index in [2.05, 4.69) is 5.32 Å². The first-order chi connectivity index (χ1) is 7.07. The van der Waals surface area contributed by atoms with Crippen molar-refractivity contribution >= 4 is 17.8 Å². The van der Waals surface area contributed by atoms with Crippen molar-refractivity contribution in [2.45, 2.75) is 33.7 Å². The summed E-state index contributed by atoms with van der Waals surface area (Å²) < 4.78 is 0. The molecule has 0 radical (unpaired) electrons. The molecular weight excluding hydrogens is 212 g/mol. The van der Waals surface area contributed by atoms with Gasteiger partial charge in [-0.25, -0.2) is 0 Å². The average molecular weight is 230 g/mol. The minimum atomic E-state index is -1.22. The Morgan fingerprint density at radius 3 is 1.94 bits per heavy atom. The number of carboxylic acids is 1. The van der Waals surface area contributed by atoms with Crippen molar-refractivity contribution < 1.29 is 19.5 Å². The van der Waals surface area contributed by atoms with E-state index in [1.165, 1.54) is 6.92 Å². The third-order valence-electron chi connectivity index (χ3n) is 2.16. The van der Waals surface area contributed by atoms with E-state index >= 15 is 0 Å². The lowest BCUT2D eigenvalue weighted by Crippen LogP contribution is -2.49. The van der Waals surface area contributed by atoms with E-state index in [1.807, 2.05) is 0 Å². The summed E-state index contributed by atoms with van der Waals surface area (Å²) in [4.78, 5) is 33.3. The molecule has 2 unspecified atom stereocenters. The standard InChI is InChI=1S/C10H18N2O4/c1-5(7(11)13)12-8(14)6(9(15)16)10(2,3)4/h5-6H,1-4H3,(H2,11,13)(H,12,14)(H,15,16). The molecule has 6 nitrogen and oxygen atoms in total. The number of nitrogens with two attached hydrogens (primary N) is 1. The molecule has 0 rings (SSSR count). The second-order valence-electron chi connectivity index (χ2n) is 4.77. The van der Waals surface area contributed by atoms with Gasteiger partial charge in [-0.15, -0.1) is 0 Å². The highest BCUT2D eigenvalue weighted by Crippen LogP contribution is 2.26. The van der Waals surface area contributed by atoms with Crippen LogP contribution in [0.2, 0.25) is 0 Å². The van der Waals surface area contributed by atoms with Crippen LogP contribution in [0.4, 0.5) is 0 Å². The van der Waals surface area contributed by atoms with Crippen LogP contribution in [0.25, 0.3) is 0 Å². The Bertz CT molecular complexity index is 306. The molecule has 0 spiro atoms. The number of carboxylic acid groups (broad SMARTS) is 1. The van der Waals surface area contributed by atoms with E-state index < -0.39 is 35.2 Å². The Kier molecular flexibility index (Phi) is 4.47. The van der Waals surface area contributed by atoms with Crippen LogP contribution < -0.4 is 11.1 Å². The highest BCUT2D eigenvalue weighted by molar-refractivity contribution is 5.99. The fraction of sp³-hybridized carbons (Fsp3) is 0.700. The molecule has 16 heavy (non-hydrogen) atoms. The molecule has 0 aliphatic rings. The van der Waals surface area contributed by atoms with Crippen molar-refractivity contribution in [3.05, 3.63) is 0 Å². The molecule has 2 atom stereocenters. The second kappa shape index (κ2) is 4.96. The number of rotatable bonds is 4. The number of carbonyl (C=O) groups excluding carboxylic acids is 2. The molecular formula is C10H18N2O4. The van der Waals surface area contributed by atoms with Crippen LogP contribution in [0.3, 0.4) is 0 Å². The summed E-state index contributed by atoms with van der Waals surface area (Å²) in [6.07, 6.45) is 0. The van der Waals surface area contributed by atoms with Crippen LogP contribution >= 0.6 is 0 Å². The Labute approximate surface area is 94.2 Å². The number of carbonyl (C=O) groups is 3. The lowest BCUT2D eigenvalue weighted by molar-refractivity contribution is -0.152. The summed E-state index contributed by atoms with van der Waals surface area (Å²) in [5.74, 6) is -3.84. The highest BCUT2D eigenvalue weighted by atomic mass is 16.4. The maximum absolute atomic E-state index is 11.6. The van der Waals surface area contributed by atoms with Gasteiger partial charge in [0.25, 0.3) is 0 Å². The third kappa shape index (κ3) is 3.88. The first-order valence-corrected chi connectivity index (χ1v) is 4.90. The van der Waals surface area contributed by atoms with E-state index in [-0.39, 0.29) is 0 Å². The van der Waals surface area contributed by atoms with Crippen LogP contribution in [0.15, 0.2) is 0 Å². The quantitative estimate of drug-likeness (QED) is 0.577. The van der Waals surface area contributed by atoms with Gasteiger partial charge in [-0.3, -0.25) is 14.4 Å². The van der Waals surface area contributed by atoms with Crippen molar-refractivity contribution in [1.82, 2.24) is 5.32 Å². The zero-order valence-electron chi connectivity index (χ0n) is 9.90. The van der Waals surface area contributed by atoms with Gasteiger partial charge in [0.2, 0.25) is 11.8 Å². The Morgan fingerprint density at radius 1 is 1.25 bits per heavy atom. The molecule has 0 heterocycles. The molecule has 0 saturated heterocycles. The van der Waals surface area contributed by atoms with Crippen LogP contribution in [-0.2, 0) is 14.4 Å². The summed E-state index contributed by atoms with van der Waals surface area (Å²) in [7, 11) is 0. The topological polar surface area (TPSA) is 109 Å². The minimum absolute atomic E-state index is 0.702. The van der Waals surface area contributed by atoms with Crippen LogP contribution in [-0.4, -0.2) is 28.9 Å². The van der Waals surface area contributed by atoms with E-state index in [1.54, 1.807) is 20.8 Å². The van der Waals surface area contributed by atoms with Gasteiger partial charge in [-0.1, -0.05) is 20.8 Å². The molecule has 0 aromatic heterocycles. The molecule has 6 heteroatoms. The molecule has 0 aromatic carbocycles. The van der Waals surface area contributed by atoms with E-state index in [0.717, 1.165) is 0 Å². The van der Waals surface area contributed by atoms with Gasteiger partial charge >= 0.3 is 5.97 Å². The van der Waals surface area contributed by atoms with Gasteiger partial charge in [0.1, 0.15) is 12.0 Å². The molecule has 4 N–H and O–H groups in total. The number of nitrogens with one attached hydrogen (secondary N) is 1.